The summed E-state index contributed by atoms with van der Waals surface area (Å²) in [6, 6.07) is 12.3. The monoisotopic (exact) mass is 351 g/mol. The summed E-state index contributed by atoms with van der Waals surface area (Å²) in [5.74, 6) is -0.757. The van der Waals surface area contributed by atoms with Gasteiger partial charge in [0.2, 0.25) is 0 Å². The highest BCUT2D eigenvalue weighted by atomic mass is 16.5. The predicted octanol–water partition coefficient (Wildman–Crippen LogP) is 2.77. The smallest absolute Gasteiger partial charge is 0.331 e. The van der Waals surface area contributed by atoms with Crippen molar-refractivity contribution in [1.82, 2.24) is 0 Å². The number of fused-ring (bicyclic) bond motifs is 1. The summed E-state index contributed by atoms with van der Waals surface area (Å²) in [5.41, 5.74) is 2.74. The third-order valence-electron chi connectivity index (χ3n) is 3.77. The minimum atomic E-state index is -0.603. The summed E-state index contributed by atoms with van der Waals surface area (Å²) in [6.45, 7) is 1.54. The van der Waals surface area contributed by atoms with E-state index in [1.807, 2.05) is 31.2 Å². The fourth-order valence-corrected chi connectivity index (χ4v) is 2.37. The van der Waals surface area contributed by atoms with E-state index in [0.717, 1.165) is 11.1 Å². The van der Waals surface area contributed by atoms with Gasteiger partial charge >= 0.3 is 5.97 Å². The molecule has 2 aromatic carbocycles. The molecular formula is C20H17NO5. The van der Waals surface area contributed by atoms with Crippen molar-refractivity contribution in [2.75, 3.05) is 18.5 Å². The summed E-state index contributed by atoms with van der Waals surface area (Å²) >= 11 is 0. The normalized spacial score (nSPS) is 12.9. The van der Waals surface area contributed by atoms with Crippen LogP contribution >= 0.6 is 0 Å². The van der Waals surface area contributed by atoms with E-state index >= 15 is 0 Å². The molecule has 1 N–H and O–H groups in total. The van der Waals surface area contributed by atoms with Crippen molar-refractivity contribution in [3.8, 4) is 5.75 Å². The molecule has 0 unspecified atom stereocenters. The number of rotatable bonds is 5. The molecule has 1 aliphatic rings. The van der Waals surface area contributed by atoms with Gasteiger partial charge in [0.1, 0.15) is 5.75 Å². The van der Waals surface area contributed by atoms with Gasteiger partial charge in [-0.15, -0.1) is 0 Å². The van der Waals surface area contributed by atoms with Crippen molar-refractivity contribution in [2.24, 2.45) is 0 Å². The fourth-order valence-electron chi connectivity index (χ4n) is 2.37. The second-order valence-electron chi connectivity index (χ2n) is 5.82. The summed E-state index contributed by atoms with van der Waals surface area (Å²) in [5, 5.41) is 2.63. The lowest BCUT2D eigenvalue weighted by molar-refractivity contribution is -0.136. The number of carbonyl (C=O) groups excluding carboxylic acids is 3. The van der Waals surface area contributed by atoms with Gasteiger partial charge in [-0.25, -0.2) is 4.79 Å². The maximum Gasteiger partial charge on any atom is 0.331 e. The maximum atomic E-state index is 12.2. The Balaban J connectivity index is 1.56. The first-order chi connectivity index (χ1) is 12.5. The molecule has 0 bridgehead atoms. The van der Waals surface area contributed by atoms with Gasteiger partial charge in [-0.05, 0) is 36.8 Å². The van der Waals surface area contributed by atoms with Crippen molar-refractivity contribution >= 4 is 29.4 Å². The largest absolute Gasteiger partial charge is 0.482 e. The number of benzene rings is 2. The number of ketones is 1. The van der Waals surface area contributed by atoms with E-state index in [9.17, 15) is 14.4 Å². The fraction of sp³-hybridized carbons (Fsp3) is 0.150. The number of aryl methyl sites for hydroxylation is 1. The number of Topliss-reactive ketones (excluding diaryl/α,β-unsaturated/α-hetero) is 1. The van der Waals surface area contributed by atoms with Gasteiger partial charge in [-0.1, -0.05) is 29.8 Å². The van der Waals surface area contributed by atoms with Crippen LogP contribution in [0.25, 0.3) is 6.08 Å². The van der Waals surface area contributed by atoms with Gasteiger partial charge in [0, 0.05) is 11.6 Å². The zero-order chi connectivity index (χ0) is 18.5. The lowest BCUT2D eigenvalue weighted by atomic mass is 10.1. The molecule has 0 spiro atoms. The lowest BCUT2D eigenvalue weighted by Gasteiger charge is -2.18. The third-order valence-corrected chi connectivity index (χ3v) is 3.77. The molecule has 3 rings (SSSR count). The van der Waals surface area contributed by atoms with Crippen molar-refractivity contribution < 1.29 is 23.9 Å². The van der Waals surface area contributed by atoms with Gasteiger partial charge < -0.3 is 14.8 Å². The molecule has 6 nitrogen and oxygen atoms in total. The molecule has 0 saturated heterocycles. The molecule has 26 heavy (non-hydrogen) atoms. The molecule has 6 heteroatoms. The maximum absolute atomic E-state index is 12.2. The summed E-state index contributed by atoms with van der Waals surface area (Å²) in [7, 11) is 0. The molecule has 0 aliphatic carbocycles. The van der Waals surface area contributed by atoms with Crippen molar-refractivity contribution in [2.45, 2.75) is 6.92 Å². The second kappa shape index (κ2) is 7.65. The third kappa shape index (κ3) is 4.36. The molecule has 1 aliphatic heterocycles. The van der Waals surface area contributed by atoms with Gasteiger partial charge in [-0.2, -0.15) is 0 Å². The van der Waals surface area contributed by atoms with Crippen LogP contribution in [-0.2, 0) is 14.3 Å². The van der Waals surface area contributed by atoms with Gasteiger partial charge in [0.15, 0.2) is 19.0 Å². The quantitative estimate of drug-likeness (QED) is 0.509. The number of esters is 1. The Bertz CT molecular complexity index is 884. The van der Waals surface area contributed by atoms with Crippen LogP contribution < -0.4 is 10.1 Å². The predicted molar refractivity (Wildman–Crippen MR) is 96.1 cm³/mol. The number of nitrogens with one attached hydrogen (secondary N) is 1. The molecular weight excluding hydrogens is 334 g/mol. The molecule has 132 valence electrons. The van der Waals surface area contributed by atoms with E-state index < -0.39 is 5.97 Å². The number of ether oxygens (including phenoxy) is 2. The first kappa shape index (κ1) is 17.4. The Morgan fingerprint density at radius 3 is 2.73 bits per heavy atom. The number of hydrogen-bond donors (Lipinski definition) is 1. The van der Waals surface area contributed by atoms with Crippen LogP contribution in [0.5, 0.6) is 5.75 Å². The number of anilines is 1. The molecule has 1 amide bonds. The molecule has 0 fully saturated rings. The minimum absolute atomic E-state index is 0.0504. The lowest BCUT2D eigenvalue weighted by Crippen LogP contribution is -2.25. The first-order valence-electron chi connectivity index (χ1n) is 8.03. The van der Waals surface area contributed by atoms with Crippen LogP contribution in [-0.4, -0.2) is 30.9 Å². The van der Waals surface area contributed by atoms with E-state index in [2.05, 4.69) is 5.32 Å². The second-order valence-corrected chi connectivity index (χ2v) is 5.82. The van der Waals surface area contributed by atoms with Crippen LogP contribution in [0, 0.1) is 6.92 Å². The van der Waals surface area contributed by atoms with E-state index in [1.54, 1.807) is 18.2 Å². The SMILES string of the molecule is Cc1ccc(/C=C/C(=O)OCC(=O)c2ccc3c(c2)NC(=O)CO3)cc1. The van der Waals surface area contributed by atoms with Crippen LogP contribution in [0.15, 0.2) is 48.5 Å². The molecule has 0 aromatic heterocycles. The van der Waals surface area contributed by atoms with E-state index in [1.165, 1.54) is 12.1 Å². The van der Waals surface area contributed by atoms with Crippen molar-refractivity contribution in [3.63, 3.8) is 0 Å². The van der Waals surface area contributed by atoms with Gasteiger partial charge in [0.05, 0.1) is 5.69 Å². The van der Waals surface area contributed by atoms with Crippen molar-refractivity contribution in [3.05, 3.63) is 65.2 Å². The van der Waals surface area contributed by atoms with E-state index in [0.29, 0.717) is 17.0 Å². The Morgan fingerprint density at radius 2 is 1.96 bits per heavy atom. The van der Waals surface area contributed by atoms with Crippen molar-refractivity contribution in [1.29, 1.82) is 0 Å². The summed E-state index contributed by atoms with van der Waals surface area (Å²) in [6.07, 6.45) is 2.90. The van der Waals surface area contributed by atoms with Crippen LogP contribution in [0.1, 0.15) is 21.5 Å². The molecule has 0 radical (unpaired) electrons. The standard InChI is InChI=1S/C20H17NO5/c1-13-2-4-14(5-3-13)6-9-20(24)26-11-17(22)15-7-8-18-16(10-15)21-19(23)12-25-18/h2-10H,11-12H2,1H3,(H,21,23)/b9-6+. The van der Waals surface area contributed by atoms with E-state index in [-0.39, 0.29) is 24.9 Å². The van der Waals surface area contributed by atoms with Crippen LogP contribution in [0.4, 0.5) is 5.69 Å². The minimum Gasteiger partial charge on any atom is -0.482 e. The van der Waals surface area contributed by atoms with Crippen LogP contribution in [0.2, 0.25) is 0 Å². The topological polar surface area (TPSA) is 81.7 Å². The average Bonchev–Trinajstić information content (AvgIpc) is 2.65. The molecule has 0 atom stereocenters. The summed E-state index contributed by atoms with van der Waals surface area (Å²) in [4.78, 5) is 35.3. The Hall–Kier alpha value is -3.41. The number of carbonyl (C=O) groups is 3. The number of hydrogen-bond acceptors (Lipinski definition) is 5. The van der Waals surface area contributed by atoms with Crippen LogP contribution in [0.3, 0.4) is 0 Å². The average molecular weight is 351 g/mol. The Labute approximate surface area is 150 Å². The zero-order valence-corrected chi connectivity index (χ0v) is 14.2. The number of amides is 1. The highest BCUT2D eigenvalue weighted by Crippen LogP contribution is 2.28. The molecule has 2 aromatic rings. The van der Waals surface area contributed by atoms with Gasteiger partial charge in [-0.3, -0.25) is 9.59 Å². The Morgan fingerprint density at radius 1 is 1.19 bits per heavy atom. The van der Waals surface area contributed by atoms with Gasteiger partial charge in [0.25, 0.3) is 5.91 Å². The Kier molecular flexibility index (Phi) is 5.12. The highest BCUT2D eigenvalue weighted by Gasteiger charge is 2.18. The first-order valence-corrected chi connectivity index (χ1v) is 8.03. The molecule has 0 saturated carbocycles. The van der Waals surface area contributed by atoms with E-state index in [4.69, 9.17) is 9.47 Å². The molecule has 1 heterocycles. The summed E-state index contributed by atoms with van der Waals surface area (Å²) < 4.78 is 10.2. The zero-order valence-electron chi connectivity index (χ0n) is 14.2. The highest BCUT2D eigenvalue weighted by molar-refractivity contribution is 6.02.